The zero-order valence-electron chi connectivity index (χ0n) is 12.2. The molecule has 0 radical (unpaired) electrons. The summed E-state index contributed by atoms with van der Waals surface area (Å²) >= 11 is 6.20. The van der Waals surface area contributed by atoms with Crippen LogP contribution in [0, 0.1) is 5.41 Å². The molecule has 1 aliphatic rings. The van der Waals surface area contributed by atoms with Crippen molar-refractivity contribution in [1.29, 1.82) is 0 Å². The maximum absolute atomic E-state index is 11.1. The van der Waals surface area contributed by atoms with Gasteiger partial charge in [0.1, 0.15) is 0 Å². The van der Waals surface area contributed by atoms with Gasteiger partial charge in [-0.2, -0.15) is 0 Å². The number of carbonyl (C=O) groups excluding carboxylic acids is 1. The van der Waals surface area contributed by atoms with E-state index in [9.17, 15) is 4.79 Å². The minimum Gasteiger partial charge on any atom is -0.366 e. The minimum absolute atomic E-state index is 0.426. The summed E-state index contributed by atoms with van der Waals surface area (Å²) in [6.07, 6.45) is 5.00. The molecule has 1 amide bonds. The van der Waals surface area contributed by atoms with Gasteiger partial charge in [0, 0.05) is 23.2 Å². The fourth-order valence-electron chi connectivity index (χ4n) is 2.97. The number of amides is 1. The first-order chi connectivity index (χ1) is 9.37. The Hall–Kier alpha value is -1.06. The number of hydrogen-bond acceptors (Lipinski definition) is 2. The highest BCUT2D eigenvalue weighted by Gasteiger charge is 2.27. The van der Waals surface area contributed by atoms with E-state index < -0.39 is 5.91 Å². The molecule has 1 atom stereocenters. The molecule has 0 bridgehead atoms. The predicted octanol–water partition coefficient (Wildman–Crippen LogP) is 3.50. The van der Waals surface area contributed by atoms with Gasteiger partial charge in [0.05, 0.1) is 0 Å². The lowest BCUT2D eigenvalue weighted by Gasteiger charge is -2.35. The second-order valence-electron chi connectivity index (χ2n) is 6.51. The number of rotatable bonds is 4. The Bertz CT molecular complexity index is 499. The molecule has 1 aromatic rings. The average Bonchev–Trinajstić information content (AvgIpc) is 2.36. The number of carbonyl (C=O) groups is 1. The van der Waals surface area contributed by atoms with E-state index >= 15 is 0 Å². The van der Waals surface area contributed by atoms with Crippen molar-refractivity contribution in [3.63, 3.8) is 0 Å². The third-order valence-electron chi connectivity index (χ3n) is 4.12. The SMILES string of the molecule is CC1(C)CCCC(NCc2ccc(C(N)=O)cc2Cl)C1. The van der Waals surface area contributed by atoms with Gasteiger partial charge in [-0.25, -0.2) is 0 Å². The number of nitrogens with two attached hydrogens (primary N) is 1. The Labute approximate surface area is 125 Å². The van der Waals surface area contributed by atoms with Crippen LogP contribution < -0.4 is 11.1 Å². The van der Waals surface area contributed by atoms with Crippen molar-refractivity contribution in [2.24, 2.45) is 11.1 Å². The van der Waals surface area contributed by atoms with Crippen molar-refractivity contribution in [3.8, 4) is 0 Å². The van der Waals surface area contributed by atoms with Gasteiger partial charge in [-0.15, -0.1) is 0 Å². The minimum atomic E-state index is -0.444. The van der Waals surface area contributed by atoms with Crippen LogP contribution in [-0.4, -0.2) is 11.9 Å². The summed E-state index contributed by atoms with van der Waals surface area (Å²) in [5, 5.41) is 4.18. The number of benzene rings is 1. The van der Waals surface area contributed by atoms with Gasteiger partial charge in [0.25, 0.3) is 0 Å². The van der Waals surface area contributed by atoms with Crippen molar-refractivity contribution in [2.75, 3.05) is 0 Å². The Morgan fingerprint density at radius 3 is 2.85 bits per heavy atom. The molecule has 3 nitrogen and oxygen atoms in total. The highest BCUT2D eigenvalue weighted by Crippen LogP contribution is 2.35. The molecule has 0 aromatic heterocycles. The van der Waals surface area contributed by atoms with E-state index in [1.807, 2.05) is 6.07 Å². The Morgan fingerprint density at radius 2 is 2.25 bits per heavy atom. The summed E-state index contributed by atoms with van der Waals surface area (Å²) in [6, 6.07) is 5.80. The van der Waals surface area contributed by atoms with E-state index in [-0.39, 0.29) is 0 Å². The standard InChI is InChI=1S/C16H23ClN2O/c1-16(2)7-3-4-13(9-16)19-10-12-6-5-11(15(18)20)8-14(12)17/h5-6,8,13,19H,3-4,7,9-10H2,1-2H3,(H2,18,20). The van der Waals surface area contributed by atoms with Crippen LogP contribution in [0.3, 0.4) is 0 Å². The van der Waals surface area contributed by atoms with Crippen LogP contribution in [0.25, 0.3) is 0 Å². The third-order valence-corrected chi connectivity index (χ3v) is 4.48. The van der Waals surface area contributed by atoms with Crippen LogP contribution in [0.4, 0.5) is 0 Å². The highest BCUT2D eigenvalue weighted by molar-refractivity contribution is 6.31. The first-order valence-electron chi connectivity index (χ1n) is 7.19. The lowest BCUT2D eigenvalue weighted by molar-refractivity contribution is 0.1000. The molecular weight excluding hydrogens is 272 g/mol. The van der Waals surface area contributed by atoms with E-state index in [0.29, 0.717) is 22.0 Å². The van der Waals surface area contributed by atoms with Crippen LogP contribution in [0.1, 0.15) is 55.5 Å². The molecule has 1 saturated carbocycles. The van der Waals surface area contributed by atoms with Crippen molar-refractivity contribution >= 4 is 17.5 Å². The fourth-order valence-corrected chi connectivity index (χ4v) is 3.22. The fraction of sp³-hybridized carbons (Fsp3) is 0.562. The molecule has 0 spiro atoms. The molecule has 1 unspecified atom stereocenters. The first-order valence-corrected chi connectivity index (χ1v) is 7.57. The molecule has 20 heavy (non-hydrogen) atoms. The highest BCUT2D eigenvalue weighted by atomic mass is 35.5. The van der Waals surface area contributed by atoms with Gasteiger partial charge in [-0.1, -0.05) is 37.9 Å². The van der Waals surface area contributed by atoms with Crippen LogP contribution in [0.2, 0.25) is 5.02 Å². The summed E-state index contributed by atoms with van der Waals surface area (Å²) in [6.45, 7) is 5.39. The van der Waals surface area contributed by atoms with Crippen LogP contribution in [-0.2, 0) is 6.54 Å². The van der Waals surface area contributed by atoms with Crippen molar-refractivity contribution < 1.29 is 4.79 Å². The molecule has 4 heteroatoms. The summed E-state index contributed by atoms with van der Waals surface area (Å²) < 4.78 is 0. The molecule has 2 rings (SSSR count). The van der Waals surface area contributed by atoms with Crippen LogP contribution >= 0.6 is 11.6 Å². The van der Waals surface area contributed by atoms with E-state index in [1.54, 1.807) is 12.1 Å². The molecule has 0 saturated heterocycles. The number of nitrogens with one attached hydrogen (secondary N) is 1. The van der Waals surface area contributed by atoms with E-state index in [2.05, 4.69) is 19.2 Å². The van der Waals surface area contributed by atoms with Gasteiger partial charge >= 0.3 is 0 Å². The molecule has 3 N–H and O–H groups in total. The van der Waals surface area contributed by atoms with Crippen molar-refractivity contribution in [2.45, 2.75) is 52.1 Å². The number of hydrogen-bond donors (Lipinski definition) is 2. The largest absolute Gasteiger partial charge is 0.366 e. The van der Waals surface area contributed by atoms with E-state index in [0.717, 1.165) is 12.1 Å². The Kier molecular flexibility index (Phi) is 4.71. The van der Waals surface area contributed by atoms with Gasteiger partial charge in [0.2, 0.25) is 5.91 Å². The second kappa shape index (κ2) is 6.15. The normalized spacial score (nSPS) is 21.6. The Balaban J connectivity index is 1.95. The topological polar surface area (TPSA) is 55.1 Å². The molecule has 1 aromatic carbocycles. The molecule has 1 fully saturated rings. The molecule has 0 heterocycles. The zero-order chi connectivity index (χ0) is 14.8. The first kappa shape index (κ1) is 15.3. The third kappa shape index (κ3) is 3.97. The average molecular weight is 295 g/mol. The second-order valence-corrected chi connectivity index (χ2v) is 6.92. The molecule has 0 aliphatic heterocycles. The summed E-state index contributed by atoms with van der Waals surface area (Å²) in [5.41, 5.74) is 7.14. The maximum Gasteiger partial charge on any atom is 0.248 e. The van der Waals surface area contributed by atoms with Crippen LogP contribution in [0.15, 0.2) is 18.2 Å². The lowest BCUT2D eigenvalue weighted by Crippen LogP contribution is -2.36. The van der Waals surface area contributed by atoms with Gasteiger partial charge in [-0.05, 0) is 42.4 Å². The van der Waals surface area contributed by atoms with Crippen molar-refractivity contribution in [1.82, 2.24) is 5.32 Å². The zero-order valence-corrected chi connectivity index (χ0v) is 13.0. The van der Waals surface area contributed by atoms with Gasteiger partial charge in [0.15, 0.2) is 0 Å². The van der Waals surface area contributed by atoms with E-state index in [1.165, 1.54) is 25.7 Å². The molecule has 110 valence electrons. The maximum atomic E-state index is 11.1. The van der Waals surface area contributed by atoms with Gasteiger partial charge in [-0.3, -0.25) is 4.79 Å². The molecular formula is C16H23ClN2O. The van der Waals surface area contributed by atoms with Gasteiger partial charge < -0.3 is 11.1 Å². The Morgan fingerprint density at radius 1 is 1.50 bits per heavy atom. The predicted molar refractivity (Wildman–Crippen MR) is 82.8 cm³/mol. The monoisotopic (exact) mass is 294 g/mol. The quantitative estimate of drug-likeness (QED) is 0.893. The van der Waals surface area contributed by atoms with E-state index in [4.69, 9.17) is 17.3 Å². The molecule has 1 aliphatic carbocycles. The summed E-state index contributed by atoms with van der Waals surface area (Å²) in [7, 11) is 0. The van der Waals surface area contributed by atoms with Crippen molar-refractivity contribution in [3.05, 3.63) is 34.3 Å². The summed E-state index contributed by atoms with van der Waals surface area (Å²) in [4.78, 5) is 11.1. The summed E-state index contributed by atoms with van der Waals surface area (Å²) in [5.74, 6) is -0.444. The lowest BCUT2D eigenvalue weighted by atomic mass is 9.75. The van der Waals surface area contributed by atoms with Crippen LogP contribution in [0.5, 0.6) is 0 Å². The number of halogens is 1. The smallest absolute Gasteiger partial charge is 0.248 e. The number of primary amides is 1.